The molecule has 1 N–H and O–H groups in total. The Balaban J connectivity index is 1.80. The fourth-order valence-corrected chi connectivity index (χ4v) is 4.55. The molecular weight excluding hydrogens is 425 g/mol. The molecule has 0 spiro atoms. The number of rotatable bonds is 4. The summed E-state index contributed by atoms with van der Waals surface area (Å²) in [4.78, 5) is 3.91. The quantitative estimate of drug-likeness (QED) is 0.420. The van der Waals surface area contributed by atoms with Gasteiger partial charge in [-0.2, -0.15) is 13.2 Å². The molecule has 158 valence electrons. The molecule has 0 fully saturated rings. The lowest BCUT2D eigenvalue weighted by Gasteiger charge is -2.16. The number of nitrogens with one attached hydrogen (secondary N) is 1. The lowest BCUT2D eigenvalue weighted by atomic mass is 10.1. The number of pyridine rings is 1. The summed E-state index contributed by atoms with van der Waals surface area (Å²) in [7, 11) is -4.07. The number of alkyl halides is 3. The molecule has 3 aromatic carbocycles. The largest absolute Gasteiger partial charge is 0.418 e. The molecule has 31 heavy (non-hydrogen) atoms. The molecule has 0 atom stereocenters. The average Bonchev–Trinajstić information content (AvgIpc) is 2.75. The Bertz CT molecular complexity index is 1370. The monoisotopic (exact) mass is 442 g/mol. The van der Waals surface area contributed by atoms with Crippen molar-refractivity contribution in [3.05, 3.63) is 90.1 Å². The summed E-state index contributed by atoms with van der Waals surface area (Å²) in [6.45, 7) is 1.59. The third-order valence-electron chi connectivity index (χ3n) is 4.88. The van der Waals surface area contributed by atoms with Crippen molar-refractivity contribution in [2.45, 2.75) is 18.0 Å². The molecule has 0 bridgehead atoms. The smallest absolute Gasteiger partial charge is 0.279 e. The van der Waals surface area contributed by atoms with Crippen molar-refractivity contribution in [1.82, 2.24) is 4.98 Å². The fourth-order valence-electron chi connectivity index (χ4n) is 3.35. The van der Waals surface area contributed by atoms with Crippen LogP contribution in [-0.2, 0) is 16.2 Å². The van der Waals surface area contributed by atoms with Crippen LogP contribution in [0.3, 0.4) is 0 Å². The standard InChI is InChI=1S/C23H17F3N2O2S/c1-15-14-27-22-19(11-6-12-20(22)23(24,25)26)21(15)28-31(29,30)18-10-5-9-17(13-18)16-7-3-2-4-8-16/h2-14H,1H3,(H,27,28). The molecule has 0 aliphatic rings. The van der Waals surface area contributed by atoms with Gasteiger partial charge in [0.15, 0.2) is 0 Å². The average molecular weight is 442 g/mol. The molecule has 0 saturated heterocycles. The van der Waals surface area contributed by atoms with E-state index < -0.39 is 21.8 Å². The number of benzene rings is 3. The topological polar surface area (TPSA) is 59.1 Å². The van der Waals surface area contributed by atoms with Crippen molar-refractivity contribution in [1.29, 1.82) is 0 Å². The molecule has 4 rings (SSSR count). The van der Waals surface area contributed by atoms with Gasteiger partial charge in [0, 0.05) is 11.6 Å². The zero-order valence-electron chi connectivity index (χ0n) is 16.3. The van der Waals surface area contributed by atoms with Gasteiger partial charge in [-0.15, -0.1) is 0 Å². The van der Waals surface area contributed by atoms with Gasteiger partial charge in [-0.1, -0.05) is 54.6 Å². The summed E-state index contributed by atoms with van der Waals surface area (Å²) < 4.78 is 68.8. The van der Waals surface area contributed by atoms with Crippen LogP contribution >= 0.6 is 0 Å². The molecule has 8 heteroatoms. The van der Waals surface area contributed by atoms with Crippen molar-refractivity contribution in [3.8, 4) is 11.1 Å². The highest BCUT2D eigenvalue weighted by Crippen LogP contribution is 2.37. The summed E-state index contributed by atoms with van der Waals surface area (Å²) in [5.74, 6) is 0. The Morgan fingerprint density at radius 3 is 2.26 bits per heavy atom. The number of para-hydroxylation sites is 1. The third kappa shape index (κ3) is 4.11. The maximum atomic E-state index is 13.4. The summed E-state index contributed by atoms with van der Waals surface area (Å²) in [6.07, 6.45) is -3.38. The van der Waals surface area contributed by atoms with Crippen molar-refractivity contribution in [2.75, 3.05) is 4.72 Å². The molecule has 1 aromatic heterocycles. The first-order valence-corrected chi connectivity index (χ1v) is 10.8. The van der Waals surface area contributed by atoms with Gasteiger partial charge in [0.25, 0.3) is 10.0 Å². The number of halogens is 3. The van der Waals surface area contributed by atoms with Gasteiger partial charge < -0.3 is 0 Å². The molecule has 4 nitrogen and oxygen atoms in total. The summed E-state index contributed by atoms with van der Waals surface area (Å²) in [5, 5.41) is 0.0811. The second-order valence-corrected chi connectivity index (χ2v) is 8.70. The van der Waals surface area contributed by atoms with E-state index in [0.717, 1.165) is 11.6 Å². The van der Waals surface area contributed by atoms with Crippen LogP contribution in [0.2, 0.25) is 0 Å². The number of anilines is 1. The first-order valence-electron chi connectivity index (χ1n) is 9.31. The van der Waals surface area contributed by atoms with Gasteiger partial charge in [-0.25, -0.2) is 8.42 Å². The van der Waals surface area contributed by atoms with Gasteiger partial charge >= 0.3 is 6.18 Å². The number of aryl methyl sites for hydroxylation is 1. The number of fused-ring (bicyclic) bond motifs is 1. The number of hydrogen-bond donors (Lipinski definition) is 1. The van der Waals surface area contributed by atoms with Crippen molar-refractivity contribution in [3.63, 3.8) is 0 Å². The minimum absolute atomic E-state index is 0.00481. The molecule has 4 aromatic rings. The van der Waals surface area contributed by atoms with E-state index in [2.05, 4.69) is 9.71 Å². The predicted molar refractivity (Wildman–Crippen MR) is 114 cm³/mol. The van der Waals surface area contributed by atoms with Crippen molar-refractivity contribution in [2.24, 2.45) is 0 Å². The number of sulfonamides is 1. The Hall–Kier alpha value is -3.39. The maximum Gasteiger partial charge on any atom is 0.418 e. The van der Waals surface area contributed by atoms with Crippen molar-refractivity contribution >= 4 is 26.6 Å². The van der Waals surface area contributed by atoms with Gasteiger partial charge in [-0.3, -0.25) is 9.71 Å². The lowest BCUT2D eigenvalue weighted by molar-refractivity contribution is -0.136. The highest BCUT2D eigenvalue weighted by atomic mass is 32.2. The van der Waals surface area contributed by atoms with Crippen LogP contribution in [0.25, 0.3) is 22.0 Å². The Kier molecular flexibility index (Phi) is 5.18. The zero-order valence-corrected chi connectivity index (χ0v) is 17.1. The Morgan fingerprint density at radius 1 is 0.871 bits per heavy atom. The minimum Gasteiger partial charge on any atom is -0.279 e. The van der Waals surface area contributed by atoms with Gasteiger partial charge in [-0.05, 0) is 41.8 Å². The summed E-state index contributed by atoms with van der Waals surface area (Å²) in [5.41, 5.74) is 0.808. The van der Waals surface area contributed by atoms with E-state index in [-0.39, 0.29) is 21.5 Å². The maximum absolute atomic E-state index is 13.4. The van der Waals surface area contributed by atoms with Crippen LogP contribution in [0.1, 0.15) is 11.1 Å². The molecule has 1 heterocycles. The zero-order chi connectivity index (χ0) is 22.2. The van der Waals surface area contributed by atoms with Gasteiger partial charge in [0.1, 0.15) is 0 Å². The normalized spacial score (nSPS) is 12.1. The van der Waals surface area contributed by atoms with Crippen LogP contribution in [0, 0.1) is 6.92 Å². The highest BCUT2D eigenvalue weighted by molar-refractivity contribution is 7.92. The third-order valence-corrected chi connectivity index (χ3v) is 6.23. The van der Waals surface area contributed by atoms with Crippen LogP contribution in [0.4, 0.5) is 18.9 Å². The van der Waals surface area contributed by atoms with Crippen LogP contribution in [-0.4, -0.2) is 13.4 Å². The SMILES string of the molecule is Cc1cnc2c(C(F)(F)F)cccc2c1NS(=O)(=O)c1cccc(-c2ccccc2)c1. The molecule has 0 radical (unpaired) electrons. The minimum atomic E-state index is -4.61. The van der Waals surface area contributed by atoms with Crippen LogP contribution in [0.15, 0.2) is 83.9 Å². The summed E-state index contributed by atoms with van der Waals surface area (Å²) in [6, 6.07) is 19.2. The van der Waals surface area contributed by atoms with Crippen molar-refractivity contribution < 1.29 is 21.6 Å². The van der Waals surface area contributed by atoms with E-state index in [4.69, 9.17) is 0 Å². The number of hydrogen-bond acceptors (Lipinski definition) is 3. The van der Waals surface area contributed by atoms with Gasteiger partial charge in [0.2, 0.25) is 0 Å². The second-order valence-electron chi connectivity index (χ2n) is 7.02. The number of aromatic nitrogens is 1. The first-order chi connectivity index (χ1) is 14.7. The first kappa shape index (κ1) is 20.9. The highest BCUT2D eigenvalue weighted by Gasteiger charge is 2.33. The van der Waals surface area contributed by atoms with Gasteiger partial charge in [0.05, 0.1) is 21.7 Å². The Morgan fingerprint density at radius 2 is 1.55 bits per heavy atom. The lowest BCUT2D eigenvalue weighted by Crippen LogP contribution is -2.15. The predicted octanol–water partition coefficient (Wildman–Crippen LogP) is 6.03. The molecule has 0 aliphatic carbocycles. The van der Waals surface area contributed by atoms with Crippen LogP contribution in [0.5, 0.6) is 0 Å². The molecular formula is C23H17F3N2O2S. The van der Waals surface area contributed by atoms with E-state index in [1.54, 1.807) is 19.1 Å². The van der Waals surface area contributed by atoms with Crippen LogP contribution < -0.4 is 4.72 Å². The second kappa shape index (κ2) is 7.70. The van der Waals surface area contributed by atoms with E-state index in [1.165, 1.54) is 30.5 Å². The van der Waals surface area contributed by atoms with E-state index in [9.17, 15) is 21.6 Å². The molecule has 0 unspecified atom stereocenters. The van der Waals surface area contributed by atoms with E-state index >= 15 is 0 Å². The Labute approximate surface area is 177 Å². The van der Waals surface area contributed by atoms with E-state index in [1.807, 2.05) is 30.3 Å². The molecule has 0 amide bonds. The fraction of sp³-hybridized carbons (Fsp3) is 0.0870. The molecule has 0 saturated carbocycles. The summed E-state index contributed by atoms with van der Waals surface area (Å²) >= 11 is 0. The molecule has 0 aliphatic heterocycles. The number of nitrogens with zero attached hydrogens (tertiary/aromatic N) is 1. The van der Waals surface area contributed by atoms with E-state index in [0.29, 0.717) is 11.1 Å².